The molecule has 9 heteroatoms. The van der Waals surface area contributed by atoms with E-state index in [4.69, 9.17) is 4.74 Å². The van der Waals surface area contributed by atoms with Crippen LogP contribution in [0, 0.1) is 6.92 Å². The second-order valence-electron chi connectivity index (χ2n) is 7.93. The Balaban J connectivity index is 1.60. The van der Waals surface area contributed by atoms with E-state index in [-0.39, 0.29) is 10.5 Å². The van der Waals surface area contributed by atoms with Gasteiger partial charge in [-0.15, -0.1) is 0 Å². The largest absolute Gasteiger partial charge is 0.452 e. The number of esters is 1. The molecule has 1 saturated heterocycles. The molecule has 1 fully saturated rings. The normalized spacial score (nSPS) is 13.9. The first-order valence-electron chi connectivity index (χ1n) is 11.2. The average molecular weight is 474 g/mol. The van der Waals surface area contributed by atoms with E-state index in [1.807, 2.05) is 24.3 Å². The van der Waals surface area contributed by atoms with Crippen molar-refractivity contribution in [2.75, 3.05) is 43.0 Å². The first-order chi connectivity index (χ1) is 15.8. The number of anilines is 2. The van der Waals surface area contributed by atoms with Crippen LogP contribution in [0.2, 0.25) is 0 Å². The number of hydrogen-bond donors (Lipinski definition) is 1. The highest BCUT2D eigenvalue weighted by molar-refractivity contribution is 7.89. The molecule has 0 saturated carbocycles. The van der Waals surface area contributed by atoms with E-state index in [0.717, 1.165) is 18.8 Å². The molecule has 0 radical (unpaired) electrons. The van der Waals surface area contributed by atoms with Gasteiger partial charge in [-0.1, -0.05) is 19.9 Å². The minimum Gasteiger partial charge on any atom is -0.452 e. The smallest absolute Gasteiger partial charge is 0.338 e. The van der Waals surface area contributed by atoms with Crippen LogP contribution < -0.4 is 10.2 Å². The van der Waals surface area contributed by atoms with Crippen LogP contribution in [0.1, 0.15) is 42.6 Å². The van der Waals surface area contributed by atoms with Crippen LogP contribution in [-0.2, 0) is 19.6 Å². The Bertz CT molecular complexity index is 1090. The molecule has 8 nitrogen and oxygen atoms in total. The lowest BCUT2D eigenvalue weighted by atomic mass is 10.1. The van der Waals surface area contributed by atoms with Crippen LogP contribution in [0.4, 0.5) is 11.4 Å². The third-order valence-corrected chi connectivity index (χ3v) is 7.90. The predicted octanol–water partition coefficient (Wildman–Crippen LogP) is 3.42. The summed E-state index contributed by atoms with van der Waals surface area (Å²) in [7, 11) is -3.73. The zero-order valence-corrected chi connectivity index (χ0v) is 20.2. The quantitative estimate of drug-likeness (QED) is 0.561. The molecule has 1 amide bonds. The molecule has 1 aliphatic rings. The van der Waals surface area contributed by atoms with E-state index in [1.165, 1.54) is 29.3 Å². The summed E-state index contributed by atoms with van der Waals surface area (Å²) in [5.74, 6) is -1.23. The number of nitrogens with zero attached hydrogens (tertiary/aromatic N) is 2. The van der Waals surface area contributed by atoms with Gasteiger partial charge in [-0.25, -0.2) is 13.2 Å². The van der Waals surface area contributed by atoms with Crippen LogP contribution in [0.5, 0.6) is 0 Å². The number of aryl methyl sites for hydroxylation is 1. The average Bonchev–Trinajstić information content (AvgIpc) is 3.34. The van der Waals surface area contributed by atoms with Gasteiger partial charge in [0, 0.05) is 37.6 Å². The molecule has 2 aromatic carbocycles. The molecule has 0 spiro atoms. The molecular weight excluding hydrogens is 442 g/mol. The van der Waals surface area contributed by atoms with Crippen molar-refractivity contribution >= 4 is 33.3 Å². The van der Waals surface area contributed by atoms with Crippen molar-refractivity contribution in [3.05, 3.63) is 53.6 Å². The number of hydrogen-bond acceptors (Lipinski definition) is 6. The minimum atomic E-state index is -3.73. The van der Waals surface area contributed by atoms with Gasteiger partial charge in [-0.05, 0) is 61.7 Å². The van der Waals surface area contributed by atoms with E-state index in [0.29, 0.717) is 24.3 Å². The predicted molar refractivity (Wildman–Crippen MR) is 128 cm³/mol. The summed E-state index contributed by atoms with van der Waals surface area (Å²) in [6.45, 7) is 7.45. The Kier molecular flexibility index (Phi) is 8.10. The molecule has 0 atom stereocenters. The number of ether oxygens (including phenoxy) is 1. The van der Waals surface area contributed by atoms with Gasteiger partial charge in [0.2, 0.25) is 10.0 Å². The van der Waals surface area contributed by atoms with E-state index < -0.39 is 28.5 Å². The highest BCUT2D eigenvalue weighted by Crippen LogP contribution is 2.23. The lowest BCUT2D eigenvalue weighted by molar-refractivity contribution is -0.119. The SMILES string of the molecule is CCN(CC)S(=O)(=O)c1cc(C(=O)OCC(=O)Nc2ccc(N3CCCC3)cc2)ccc1C. The van der Waals surface area contributed by atoms with Gasteiger partial charge in [0.15, 0.2) is 6.61 Å². The highest BCUT2D eigenvalue weighted by atomic mass is 32.2. The zero-order valence-electron chi connectivity index (χ0n) is 19.3. The summed E-state index contributed by atoms with van der Waals surface area (Å²) >= 11 is 0. The van der Waals surface area contributed by atoms with Crippen LogP contribution in [0.3, 0.4) is 0 Å². The van der Waals surface area contributed by atoms with Crippen molar-refractivity contribution in [2.45, 2.75) is 38.5 Å². The molecular formula is C24H31N3O5S. The van der Waals surface area contributed by atoms with Gasteiger partial charge in [0.05, 0.1) is 10.5 Å². The molecule has 2 aromatic rings. The molecule has 1 aliphatic heterocycles. The third kappa shape index (κ3) is 5.91. The van der Waals surface area contributed by atoms with Crippen LogP contribution in [0.15, 0.2) is 47.4 Å². The minimum absolute atomic E-state index is 0.0585. The number of rotatable bonds is 9. The van der Waals surface area contributed by atoms with Crippen molar-refractivity contribution in [3.8, 4) is 0 Å². The number of carbonyl (C=O) groups excluding carboxylic acids is 2. The first-order valence-corrected chi connectivity index (χ1v) is 12.6. The summed E-state index contributed by atoms with van der Waals surface area (Å²) in [4.78, 5) is 27.1. The Morgan fingerprint density at radius 3 is 2.27 bits per heavy atom. The second kappa shape index (κ2) is 10.8. The summed E-state index contributed by atoms with van der Waals surface area (Å²) in [6.07, 6.45) is 2.38. The second-order valence-corrected chi connectivity index (χ2v) is 9.84. The lowest BCUT2D eigenvalue weighted by Crippen LogP contribution is -2.31. The third-order valence-electron chi connectivity index (χ3n) is 5.70. The Hall–Kier alpha value is -2.91. The summed E-state index contributed by atoms with van der Waals surface area (Å²) in [5, 5.41) is 2.70. The lowest BCUT2D eigenvalue weighted by Gasteiger charge is -2.20. The van der Waals surface area contributed by atoms with Crippen molar-refractivity contribution in [2.24, 2.45) is 0 Å². The van der Waals surface area contributed by atoms with E-state index in [9.17, 15) is 18.0 Å². The van der Waals surface area contributed by atoms with Crippen molar-refractivity contribution in [1.29, 1.82) is 0 Å². The summed E-state index contributed by atoms with van der Waals surface area (Å²) in [6, 6.07) is 11.9. The number of amides is 1. The highest BCUT2D eigenvalue weighted by Gasteiger charge is 2.25. The molecule has 1 N–H and O–H groups in total. The van der Waals surface area contributed by atoms with Gasteiger partial charge in [0.25, 0.3) is 5.91 Å². The van der Waals surface area contributed by atoms with E-state index in [2.05, 4.69) is 10.2 Å². The van der Waals surface area contributed by atoms with Crippen molar-refractivity contribution in [1.82, 2.24) is 4.31 Å². The number of benzene rings is 2. The maximum absolute atomic E-state index is 12.9. The summed E-state index contributed by atoms with van der Waals surface area (Å²) in [5.41, 5.74) is 2.34. The van der Waals surface area contributed by atoms with Gasteiger partial charge in [0.1, 0.15) is 0 Å². The van der Waals surface area contributed by atoms with E-state index in [1.54, 1.807) is 26.8 Å². The standard InChI is InChI=1S/C24H31N3O5S/c1-4-27(5-2)33(30,31)22-16-19(9-8-18(22)3)24(29)32-17-23(28)25-20-10-12-21(13-11-20)26-14-6-7-15-26/h8-13,16H,4-7,14-15,17H2,1-3H3,(H,25,28). The maximum atomic E-state index is 12.9. The fourth-order valence-electron chi connectivity index (χ4n) is 3.85. The van der Waals surface area contributed by atoms with Gasteiger partial charge in [-0.2, -0.15) is 4.31 Å². The molecule has 3 rings (SSSR count). The van der Waals surface area contributed by atoms with Crippen LogP contribution in [0.25, 0.3) is 0 Å². The molecule has 0 aromatic heterocycles. The maximum Gasteiger partial charge on any atom is 0.338 e. The first kappa shape index (κ1) is 24.7. The van der Waals surface area contributed by atoms with Gasteiger partial charge in [-0.3, -0.25) is 4.79 Å². The van der Waals surface area contributed by atoms with Crippen molar-refractivity contribution < 1.29 is 22.7 Å². The van der Waals surface area contributed by atoms with Crippen molar-refractivity contribution in [3.63, 3.8) is 0 Å². The molecule has 0 bridgehead atoms. The zero-order chi connectivity index (χ0) is 24.0. The fourth-order valence-corrected chi connectivity index (χ4v) is 5.56. The Morgan fingerprint density at radius 1 is 1.03 bits per heavy atom. The monoisotopic (exact) mass is 473 g/mol. The molecule has 33 heavy (non-hydrogen) atoms. The molecule has 178 valence electrons. The number of sulfonamides is 1. The fraction of sp³-hybridized carbons (Fsp3) is 0.417. The van der Waals surface area contributed by atoms with Gasteiger partial charge < -0.3 is 15.0 Å². The van der Waals surface area contributed by atoms with Gasteiger partial charge >= 0.3 is 5.97 Å². The number of carbonyl (C=O) groups is 2. The topological polar surface area (TPSA) is 96.0 Å². The number of nitrogens with one attached hydrogen (secondary N) is 1. The molecule has 0 unspecified atom stereocenters. The van der Waals surface area contributed by atoms with E-state index >= 15 is 0 Å². The Morgan fingerprint density at radius 2 is 1.67 bits per heavy atom. The van der Waals surface area contributed by atoms with Crippen LogP contribution in [-0.4, -0.2) is 57.4 Å². The summed E-state index contributed by atoms with van der Waals surface area (Å²) < 4.78 is 32.2. The van der Waals surface area contributed by atoms with Crippen LogP contribution >= 0.6 is 0 Å². The Labute approximate surface area is 195 Å². The molecule has 1 heterocycles. The molecule has 0 aliphatic carbocycles.